The zero-order valence-electron chi connectivity index (χ0n) is 15.8. The number of nitrogens with two attached hydrogens (primary N) is 1. The van der Waals surface area contributed by atoms with Crippen molar-refractivity contribution >= 4 is 30.6 Å². The Kier molecular flexibility index (Phi) is 4.16. The van der Waals surface area contributed by atoms with Gasteiger partial charge in [-0.1, -0.05) is 20.8 Å². The van der Waals surface area contributed by atoms with Gasteiger partial charge >= 0.3 is 0 Å². The van der Waals surface area contributed by atoms with Crippen LogP contribution in [0.1, 0.15) is 27.2 Å². The van der Waals surface area contributed by atoms with Gasteiger partial charge < -0.3 is 15.1 Å². The van der Waals surface area contributed by atoms with Crippen LogP contribution in [0.5, 0.6) is 0 Å². The predicted molar refractivity (Wildman–Crippen MR) is 104 cm³/mol. The first-order chi connectivity index (χ1) is 11.1. The van der Waals surface area contributed by atoms with E-state index in [1.54, 1.807) is 0 Å². The highest BCUT2D eigenvalue weighted by Crippen LogP contribution is 2.39. The van der Waals surface area contributed by atoms with Crippen molar-refractivity contribution in [2.45, 2.75) is 51.4 Å². The normalized spacial score (nSPS) is 19.4. The first kappa shape index (κ1) is 17.3. The van der Waals surface area contributed by atoms with E-state index in [2.05, 4.69) is 49.9 Å². The van der Waals surface area contributed by atoms with Crippen LogP contribution in [0.2, 0.25) is 18.1 Å². The van der Waals surface area contributed by atoms with Gasteiger partial charge in [-0.15, -0.1) is 0 Å². The molecule has 3 rings (SSSR count). The molecule has 2 heterocycles. The summed E-state index contributed by atoms with van der Waals surface area (Å²) in [5.41, 5.74) is 9.21. The Morgan fingerprint density at radius 1 is 1.29 bits per heavy atom. The second-order valence-electron chi connectivity index (χ2n) is 8.51. The molecular formula is C18H30N4OSi. The van der Waals surface area contributed by atoms with Gasteiger partial charge in [-0.05, 0) is 36.7 Å². The first-order valence-corrected chi connectivity index (χ1v) is 11.6. The fraction of sp³-hybridized carbons (Fsp3) is 0.611. The molecule has 0 aliphatic carbocycles. The van der Waals surface area contributed by atoms with Crippen LogP contribution < -0.4 is 10.6 Å². The number of anilines is 2. The van der Waals surface area contributed by atoms with Crippen LogP contribution in [0.25, 0.3) is 10.9 Å². The fourth-order valence-electron chi connectivity index (χ4n) is 3.11. The molecule has 2 N–H and O–H groups in total. The number of hydrogen-bond acceptors (Lipinski definition) is 4. The van der Waals surface area contributed by atoms with Gasteiger partial charge in [-0.3, -0.25) is 4.68 Å². The van der Waals surface area contributed by atoms with Crippen molar-refractivity contribution in [3.63, 3.8) is 0 Å². The second-order valence-corrected chi connectivity index (χ2v) is 13.3. The van der Waals surface area contributed by atoms with Gasteiger partial charge in [0, 0.05) is 31.7 Å². The number of rotatable bonds is 3. The molecule has 0 unspecified atom stereocenters. The third-order valence-corrected chi connectivity index (χ3v) is 10.1. The largest absolute Gasteiger partial charge is 0.412 e. The lowest BCUT2D eigenvalue weighted by Gasteiger charge is -2.38. The van der Waals surface area contributed by atoms with Gasteiger partial charge in [0.15, 0.2) is 8.32 Å². The molecule has 132 valence electrons. The SMILES string of the molecule is Cn1cc2cc(N)c(N3CC[C@@H](O[Si](C)(C)C(C)(C)C)C3)cc2n1. The van der Waals surface area contributed by atoms with Gasteiger partial charge in [-0.2, -0.15) is 5.10 Å². The summed E-state index contributed by atoms with van der Waals surface area (Å²) in [5, 5.41) is 5.84. The number of nitrogens with zero attached hydrogens (tertiary/aromatic N) is 3. The monoisotopic (exact) mass is 346 g/mol. The minimum Gasteiger partial charge on any atom is -0.412 e. The maximum Gasteiger partial charge on any atom is 0.192 e. The summed E-state index contributed by atoms with van der Waals surface area (Å²) in [7, 11) is 0.211. The van der Waals surface area contributed by atoms with Crippen molar-refractivity contribution in [3.05, 3.63) is 18.3 Å². The zero-order chi connectivity index (χ0) is 17.7. The molecule has 0 radical (unpaired) electrons. The topological polar surface area (TPSA) is 56.3 Å². The molecule has 0 bridgehead atoms. The zero-order valence-corrected chi connectivity index (χ0v) is 16.8. The van der Waals surface area contributed by atoms with E-state index in [1.807, 2.05) is 24.0 Å². The van der Waals surface area contributed by atoms with E-state index in [9.17, 15) is 0 Å². The highest BCUT2D eigenvalue weighted by atomic mass is 28.4. The standard InChI is InChI=1S/C18H30N4OSi/c1-18(2,3)24(5,6)23-14-7-8-22(12-14)17-10-16-13(9-15(17)19)11-21(4)20-16/h9-11,14H,7-8,12,19H2,1-6H3/t14-/m1/s1. The Morgan fingerprint density at radius 2 is 2.00 bits per heavy atom. The minimum atomic E-state index is -1.73. The quantitative estimate of drug-likeness (QED) is 0.679. The lowest BCUT2D eigenvalue weighted by molar-refractivity contribution is 0.202. The molecule has 0 amide bonds. The summed E-state index contributed by atoms with van der Waals surface area (Å²) in [6.07, 6.45) is 3.36. The molecule has 0 saturated carbocycles. The van der Waals surface area contributed by atoms with Crippen LogP contribution in [0.4, 0.5) is 11.4 Å². The summed E-state index contributed by atoms with van der Waals surface area (Å²) in [4.78, 5) is 2.35. The summed E-state index contributed by atoms with van der Waals surface area (Å²) in [6.45, 7) is 13.4. The van der Waals surface area contributed by atoms with Gasteiger partial charge in [0.05, 0.1) is 23.0 Å². The minimum absolute atomic E-state index is 0.242. The fourth-order valence-corrected chi connectivity index (χ4v) is 4.49. The van der Waals surface area contributed by atoms with E-state index in [0.717, 1.165) is 41.8 Å². The van der Waals surface area contributed by atoms with Crippen LogP contribution in [-0.2, 0) is 11.5 Å². The van der Waals surface area contributed by atoms with E-state index < -0.39 is 8.32 Å². The molecule has 1 aromatic heterocycles. The third kappa shape index (κ3) is 3.17. The molecule has 1 atom stereocenters. The molecule has 1 aliphatic rings. The summed E-state index contributed by atoms with van der Waals surface area (Å²) in [6, 6.07) is 4.14. The molecule has 2 aromatic rings. The second kappa shape index (κ2) is 5.77. The van der Waals surface area contributed by atoms with E-state index in [4.69, 9.17) is 10.2 Å². The molecule has 5 nitrogen and oxygen atoms in total. The molecule has 24 heavy (non-hydrogen) atoms. The average Bonchev–Trinajstić information content (AvgIpc) is 3.01. The molecular weight excluding hydrogens is 316 g/mol. The van der Waals surface area contributed by atoms with Gasteiger partial charge in [0.2, 0.25) is 0 Å². The van der Waals surface area contributed by atoms with Crippen molar-refractivity contribution in [2.75, 3.05) is 23.7 Å². The molecule has 1 fully saturated rings. The van der Waals surface area contributed by atoms with Gasteiger partial charge in [0.1, 0.15) is 0 Å². The average molecular weight is 347 g/mol. The van der Waals surface area contributed by atoms with Crippen LogP contribution in [0, 0.1) is 0 Å². The third-order valence-electron chi connectivity index (χ3n) is 5.52. The molecule has 1 aromatic carbocycles. The van der Waals surface area contributed by atoms with Gasteiger partial charge in [-0.25, -0.2) is 0 Å². The van der Waals surface area contributed by atoms with Crippen molar-refractivity contribution < 1.29 is 4.43 Å². The lowest BCUT2D eigenvalue weighted by Crippen LogP contribution is -2.44. The Morgan fingerprint density at radius 3 is 2.67 bits per heavy atom. The predicted octanol–water partition coefficient (Wildman–Crippen LogP) is 3.76. The first-order valence-electron chi connectivity index (χ1n) is 8.72. The Hall–Kier alpha value is -1.53. The van der Waals surface area contributed by atoms with Crippen molar-refractivity contribution in [2.24, 2.45) is 7.05 Å². The highest BCUT2D eigenvalue weighted by Gasteiger charge is 2.40. The summed E-state index contributed by atoms with van der Waals surface area (Å²) >= 11 is 0. The molecule has 0 spiro atoms. The number of aromatic nitrogens is 2. The highest BCUT2D eigenvalue weighted by molar-refractivity contribution is 6.74. The van der Waals surface area contributed by atoms with E-state index >= 15 is 0 Å². The summed E-state index contributed by atoms with van der Waals surface area (Å²) < 4.78 is 8.42. The van der Waals surface area contributed by atoms with Crippen molar-refractivity contribution in [1.29, 1.82) is 0 Å². The van der Waals surface area contributed by atoms with Gasteiger partial charge in [0.25, 0.3) is 0 Å². The van der Waals surface area contributed by atoms with Crippen molar-refractivity contribution in [3.8, 4) is 0 Å². The van der Waals surface area contributed by atoms with Crippen LogP contribution in [-0.4, -0.2) is 37.3 Å². The lowest BCUT2D eigenvalue weighted by atomic mass is 10.2. The Bertz CT molecular complexity index is 747. The Labute approximate surface area is 145 Å². The van der Waals surface area contributed by atoms with E-state index in [-0.39, 0.29) is 5.04 Å². The maximum atomic E-state index is 6.58. The maximum absolute atomic E-state index is 6.58. The molecule has 6 heteroatoms. The smallest absolute Gasteiger partial charge is 0.192 e. The number of fused-ring (bicyclic) bond motifs is 1. The van der Waals surface area contributed by atoms with Crippen LogP contribution in [0.15, 0.2) is 18.3 Å². The van der Waals surface area contributed by atoms with Crippen LogP contribution >= 0.6 is 0 Å². The van der Waals surface area contributed by atoms with E-state index in [0.29, 0.717) is 6.10 Å². The number of benzene rings is 1. The van der Waals surface area contributed by atoms with Crippen LogP contribution in [0.3, 0.4) is 0 Å². The molecule has 1 aliphatic heterocycles. The number of aryl methyl sites for hydroxylation is 1. The van der Waals surface area contributed by atoms with E-state index in [1.165, 1.54) is 0 Å². The number of nitrogen functional groups attached to an aromatic ring is 1. The Balaban J connectivity index is 1.77. The molecule has 1 saturated heterocycles. The summed E-state index contributed by atoms with van der Waals surface area (Å²) in [5.74, 6) is 0. The number of hydrogen-bond donors (Lipinski definition) is 1. The van der Waals surface area contributed by atoms with Crippen molar-refractivity contribution in [1.82, 2.24) is 9.78 Å².